The van der Waals surface area contributed by atoms with Gasteiger partial charge in [-0.15, -0.1) is 0 Å². The van der Waals surface area contributed by atoms with E-state index in [4.69, 9.17) is 0 Å². The summed E-state index contributed by atoms with van der Waals surface area (Å²) in [6.07, 6.45) is 4.33. The van der Waals surface area contributed by atoms with E-state index in [1.165, 1.54) is 0 Å². The smallest absolute Gasteiger partial charge is 0.189 e. The lowest BCUT2D eigenvalue weighted by Crippen LogP contribution is -2.10. The van der Waals surface area contributed by atoms with Crippen molar-refractivity contribution in [2.24, 2.45) is 5.92 Å². The van der Waals surface area contributed by atoms with Gasteiger partial charge in [-0.3, -0.25) is 9.59 Å². The number of ketones is 2. The molecule has 2 rings (SSSR count). The normalized spacial score (nSPS) is 15.9. The van der Waals surface area contributed by atoms with E-state index in [0.29, 0.717) is 12.0 Å². The summed E-state index contributed by atoms with van der Waals surface area (Å²) in [5.74, 6) is 0.1000. The van der Waals surface area contributed by atoms with Gasteiger partial charge in [0.05, 0.1) is 0 Å². The van der Waals surface area contributed by atoms with Crippen molar-refractivity contribution in [3.63, 3.8) is 0 Å². The van der Waals surface area contributed by atoms with Crippen LogP contribution in [0.25, 0.3) is 0 Å². The Kier molecular flexibility index (Phi) is 3.56. The molecule has 0 bridgehead atoms. The summed E-state index contributed by atoms with van der Waals surface area (Å²) < 4.78 is 0. The molecule has 0 N–H and O–H groups in total. The van der Waals surface area contributed by atoms with Crippen molar-refractivity contribution in [1.29, 1.82) is 0 Å². The van der Waals surface area contributed by atoms with Crippen molar-refractivity contribution in [1.82, 2.24) is 0 Å². The van der Waals surface area contributed by atoms with E-state index < -0.39 is 0 Å². The van der Waals surface area contributed by atoms with Crippen molar-refractivity contribution in [3.05, 3.63) is 59.2 Å². The van der Waals surface area contributed by atoms with Crippen LogP contribution in [0.5, 0.6) is 0 Å². The van der Waals surface area contributed by atoms with E-state index in [2.05, 4.69) is 0 Å². The summed E-state index contributed by atoms with van der Waals surface area (Å²) in [4.78, 5) is 23.5. The van der Waals surface area contributed by atoms with Gasteiger partial charge in [-0.1, -0.05) is 55.0 Å². The van der Waals surface area contributed by atoms with Gasteiger partial charge in [0, 0.05) is 17.1 Å². The van der Waals surface area contributed by atoms with E-state index in [1.807, 2.05) is 49.4 Å². The summed E-state index contributed by atoms with van der Waals surface area (Å²) in [5, 5.41) is 0. The maximum absolute atomic E-state index is 12.2. The van der Waals surface area contributed by atoms with Crippen molar-refractivity contribution in [3.8, 4) is 0 Å². The predicted octanol–water partition coefficient (Wildman–Crippen LogP) is 3.35. The molecular formula is C16H16O2. The van der Waals surface area contributed by atoms with Gasteiger partial charge >= 0.3 is 0 Å². The van der Waals surface area contributed by atoms with E-state index in [1.54, 1.807) is 6.92 Å². The zero-order chi connectivity index (χ0) is 13.1. The fourth-order valence-electron chi connectivity index (χ4n) is 2.03. The number of hydrogen-bond acceptors (Lipinski definition) is 2. The highest BCUT2D eigenvalue weighted by Crippen LogP contribution is 2.28. The van der Waals surface area contributed by atoms with Gasteiger partial charge in [0.1, 0.15) is 5.78 Å². The molecule has 1 aliphatic carbocycles. The van der Waals surface area contributed by atoms with Crippen molar-refractivity contribution >= 4 is 11.6 Å². The molecule has 2 heteroatoms. The monoisotopic (exact) mass is 240 g/mol. The molecule has 0 fully saturated rings. The van der Waals surface area contributed by atoms with Gasteiger partial charge < -0.3 is 0 Å². The predicted molar refractivity (Wildman–Crippen MR) is 71.4 cm³/mol. The Balaban J connectivity index is 2.08. The van der Waals surface area contributed by atoms with E-state index in [9.17, 15) is 9.59 Å². The Morgan fingerprint density at radius 2 is 1.78 bits per heavy atom. The minimum Gasteiger partial charge on any atom is -0.299 e. The molecule has 0 amide bonds. The number of allylic oxidation sites excluding steroid dienone is 4. The Labute approximate surface area is 107 Å². The van der Waals surface area contributed by atoms with Crippen LogP contribution in [0.1, 0.15) is 30.6 Å². The highest BCUT2D eigenvalue weighted by molar-refractivity contribution is 6.09. The minimum atomic E-state index is -0.0951. The summed E-state index contributed by atoms with van der Waals surface area (Å²) >= 11 is 0. The molecule has 0 aromatic heterocycles. The zero-order valence-electron chi connectivity index (χ0n) is 10.6. The van der Waals surface area contributed by atoms with Crippen LogP contribution in [0.15, 0.2) is 53.6 Å². The Bertz CT molecular complexity index is 535. The first kappa shape index (κ1) is 12.5. The number of hydrogen-bond donors (Lipinski definition) is 0. The van der Waals surface area contributed by atoms with Gasteiger partial charge in [-0.25, -0.2) is 0 Å². The van der Waals surface area contributed by atoms with Gasteiger partial charge in [-0.2, -0.15) is 0 Å². The first-order valence-corrected chi connectivity index (χ1v) is 6.09. The van der Waals surface area contributed by atoms with Crippen molar-refractivity contribution in [2.45, 2.75) is 20.3 Å². The molecule has 0 heterocycles. The average molecular weight is 240 g/mol. The van der Waals surface area contributed by atoms with E-state index in [0.717, 1.165) is 11.1 Å². The Morgan fingerprint density at radius 1 is 1.11 bits per heavy atom. The third kappa shape index (κ3) is 2.48. The topological polar surface area (TPSA) is 34.1 Å². The maximum Gasteiger partial charge on any atom is 0.189 e. The Morgan fingerprint density at radius 3 is 2.39 bits per heavy atom. The number of carbonyl (C=O) groups excluding carboxylic acids is 2. The molecule has 1 aliphatic rings. The number of Topliss-reactive ketones (excluding diaryl/α,β-unsaturated/α-hetero) is 2. The highest BCUT2D eigenvalue weighted by Gasteiger charge is 2.22. The fraction of sp³-hybridized carbons (Fsp3) is 0.250. The largest absolute Gasteiger partial charge is 0.299 e. The zero-order valence-corrected chi connectivity index (χ0v) is 10.6. The summed E-state index contributed by atoms with van der Waals surface area (Å²) in [6.45, 7) is 3.47. The summed E-state index contributed by atoms with van der Waals surface area (Å²) in [6, 6.07) is 9.23. The van der Waals surface area contributed by atoms with Crippen molar-refractivity contribution < 1.29 is 9.59 Å². The molecule has 92 valence electrons. The minimum absolute atomic E-state index is 0.0533. The second kappa shape index (κ2) is 5.13. The lowest BCUT2D eigenvalue weighted by atomic mass is 9.93. The number of rotatable bonds is 4. The van der Waals surface area contributed by atoms with Crippen molar-refractivity contribution in [2.75, 3.05) is 0 Å². The molecule has 0 aliphatic heterocycles. The first-order chi connectivity index (χ1) is 8.59. The molecule has 0 spiro atoms. The van der Waals surface area contributed by atoms with Crippen LogP contribution in [-0.4, -0.2) is 11.6 Å². The molecule has 18 heavy (non-hydrogen) atoms. The molecular weight excluding hydrogens is 224 g/mol. The second-order valence-corrected chi connectivity index (χ2v) is 4.64. The number of benzene rings is 1. The third-order valence-electron chi connectivity index (χ3n) is 3.39. The summed E-state index contributed by atoms with van der Waals surface area (Å²) in [7, 11) is 0. The third-order valence-corrected chi connectivity index (χ3v) is 3.39. The van der Waals surface area contributed by atoms with Crippen LogP contribution in [0.2, 0.25) is 0 Å². The second-order valence-electron chi connectivity index (χ2n) is 4.64. The maximum atomic E-state index is 12.2. The molecule has 1 aromatic rings. The Hall–Kier alpha value is -1.96. The molecule has 0 saturated carbocycles. The average Bonchev–Trinajstić information content (AvgIpc) is 2.87. The first-order valence-electron chi connectivity index (χ1n) is 6.09. The van der Waals surface area contributed by atoms with Gasteiger partial charge in [0.15, 0.2) is 5.78 Å². The lowest BCUT2D eigenvalue weighted by molar-refractivity contribution is -0.119. The van der Waals surface area contributed by atoms with Crippen LogP contribution in [0.4, 0.5) is 0 Å². The number of carbonyl (C=O) groups is 2. The van der Waals surface area contributed by atoms with Crippen LogP contribution in [0, 0.1) is 5.92 Å². The molecule has 1 aromatic carbocycles. The molecule has 2 nitrogen and oxygen atoms in total. The molecule has 1 unspecified atom stereocenters. The van der Waals surface area contributed by atoms with Crippen LogP contribution >= 0.6 is 0 Å². The quantitative estimate of drug-likeness (QED) is 0.756. The van der Waals surface area contributed by atoms with Crippen LogP contribution in [-0.2, 0) is 4.79 Å². The van der Waals surface area contributed by atoms with Gasteiger partial charge in [0.25, 0.3) is 0 Å². The van der Waals surface area contributed by atoms with Crippen LogP contribution < -0.4 is 0 Å². The lowest BCUT2D eigenvalue weighted by Gasteiger charge is -2.10. The molecule has 0 radical (unpaired) electrons. The standard InChI is InChI=1S/C16H16O2/c1-11(12(2)17)14-8-9-15(10-14)16(18)13-6-4-3-5-7-13/h3-9,11H,10H2,1-2H3. The molecule has 1 atom stereocenters. The van der Waals surface area contributed by atoms with Gasteiger partial charge in [0.2, 0.25) is 0 Å². The summed E-state index contributed by atoms with van der Waals surface area (Å²) in [5.41, 5.74) is 2.50. The van der Waals surface area contributed by atoms with Crippen LogP contribution in [0.3, 0.4) is 0 Å². The van der Waals surface area contributed by atoms with E-state index in [-0.39, 0.29) is 17.5 Å². The highest BCUT2D eigenvalue weighted by atomic mass is 16.1. The van der Waals surface area contributed by atoms with E-state index >= 15 is 0 Å². The fourth-order valence-corrected chi connectivity index (χ4v) is 2.03. The SMILES string of the molecule is CC(=O)C(C)C1=CC=C(C(=O)c2ccccc2)C1. The molecule has 0 saturated heterocycles. The van der Waals surface area contributed by atoms with Gasteiger partial charge in [-0.05, 0) is 13.3 Å².